The maximum Gasteiger partial charge on any atom is 0.411 e. The van der Waals surface area contributed by atoms with E-state index in [9.17, 15) is 18.0 Å². The first-order valence-electron chi connectivity index (χ1n) is 7.92. The molecule has 0 aromatic heterocycles. The highest BCUT2D eigenvalue weighted by atomic mass is 19.4. The lowest BCUT2D eigenvalue weighted by Gasteiger charge is -2.57. The van der Waals surface area contributed by atoms with E-state index in [1.807, 2.05) is 30.3 Å². The van der Waals surface area contributed by atoms with Crippen molar-refractivity contribution in [3.63, 3.8) is 0 Å². The molecule has 6 heteroatoms. The Bertz CT molecular complexity index is 643. The minimum atomic E-state index is -4.56. The Hall–Kier alpha value is -1.82. The smallest absolute Gasteiger partial charge is 0.411 e. The number of hydrogen-bond acceptors (Lipinski definition) is 3. The molecule has 4 rings (SSSR count). The zero-order valence-corrected chi connectivity index (χ0v) is 13.6. The van der Waals surface area contributed by atoms with Crippen LogP contribution in [0.4, 0.5) is 13.2 Å². The Morgan fingerprint density at radius 2 is 2.00 bits per heavy atom. The van der Waals surface area contributed by atoms with Gasteiger partial charge < -0.3 is 4.74 Å². The van der Waals surface area contributed by atoms with E-state index < -0.39 is 23.6 Å². The fourth-order valence-corrected chi connectivity index (χ4v) is 4.18. The first kappa shape index (κ1) is 17.0. The molecule has 0 unspecified atom stereocenters. The van der Waals surface area contributed by atoms with Crippen molar-refractivity contribution in [2.75, 3.05) is 14.2 Å². The van der Waals surface area contributed by atoms with Crippen LogP contribution in [0, 0.1) is 11.8 Å². The number of halogens is 3. The highest BCUT2D eigenvalue weighted by Gasteiger charge is 2.68. The Kier molecular flexibility index (Phi) is 4.20. The van der Waals surface area contributed by atoms with Crippen LogP contribution in [0.5, 0.6) is 0 Å². The Morgan fingerprint density at radius 1 is 1.33 bits per heavy atom. The maximum atomic E-state index is 14.0. The van der Waals surface area contributed by atoms with Crippen molar-refractivity contribution < 1.29 is 22.7 Å². The summed E-state index contributed by atoms with van der Waals surface area (Å²) in [5.74, 6) is -2.13. The summed E-state index contributed by atoms with van der Waals surface area (Å²) < 4.78 is 46.8. The topological polar surface area (TPSA) is 29.5 Å². The van der Waals surface area contributed by atoms with Gasteiger partial charge in [0.1, 0.15) is 5.54 Å². The molecule has 0 saturated carbocycles. The number of carbonyl (C=O) groups is 1. The highest BCUT2D eigenvalue weighted by molar-refractivity contribution is 5.75. The van der Waals surface area contributed by atoms with E-state index in [-0.39, 0.29) is 18.4 Å². The molecule has 2 heterocycles. The van der Waals surface area contributed by atoms with E-state index in [2.05, 4.69) is 4.74 Å². The zero-order chi connectivity index (χ0) is 17.5. The van der Waals surface area contributed by atoms with Gasteiger partial charge in [0.25, 0.3) is 0 Å². The van der Waals surface area contributed by atoms with Crippen LogP contribution in [0.3, 0.4) is 0 Å². The van der Waals surface area contributed by atoms with Gasteiger partial charge in [0, 0.05) is 6.04 Å². The van der Waals surface area contributed by atoms with E-state index in [0.29, 0.717) is 6.42 Å². The SMILES string of the molecule is COC(=O)[C@H]1C[C@H]2C=C[C@]1(C(F)(F)F)N(C)[C@@H]2Cc1ccccc1. The van der Waals surface area contributed by atoms with Crippen LogP contribution in [-0.4, -0.2) is 42.8 Å². The van der Waals surface area contributed by atoms with E-state index >= 15 is 0 Å². The molecule has 24 heavy (non-hydrogen) atoms. The minimum Gasteiger partial charge on any atom is -0.469 e. The second-order valence-electron chi connectivity index (χ2n) is 6.53. The molecule has 3 nitrogen and oxygen atoms in total. The number of fused-ring (bicyclic) bond motifs is 2. The largest absolute Gasteiger partial charge is 0.469 e. The number of ether oxygens (including phenoxy) is 1. The number of alkyl halides is 3. The lowest BCUT2D eigenvalue weighted by molar-refractivity contribution is -0.254. The van der Waals surface area contributed by atoms with Crippen LogP contribution in [0.2, 0.25) is 0 Å². The average molecular weight is 339 g/mol. The molecule has 130 valence electrons. The molecular weight excluding hydrogens is 319 g/mol. The zero-order valence-electron chi connectivity index (χ0n) is 13.6. The highest BCUT2D eigenvalue weighted by Crippen LogP contribution is 2.53. The van der Waals surface area contributed by atoms with Crippen molar-refractivity contribution in [2.24, 2.45) is 11.8 Å². The molecule has 1 aromatic rings. The number of carbonyl (C=O) groups excluding carboxylic acids is 1. The number of nitrogens with zero attached hydrogens (tertiary/aromatic N) is 1. The lowest BCUT2D eigenvalue weighted by atomic mass is 9.64. The van der Waals surface area contributed by atoms with E-state index in [4.69, 9.17) is 0 Å². The summed E-state index contributed by atoms with van der Waals surface area (Å²) in [5.41, 5.74) is -1.31. The summed E-state index contributed by atoms with van der Waals surface area (Å²) in [7, 11) is 2.60. The number of piperidine rings is 1. The first-order valence-corrected chi connectivity index (χ1v) is 7.92. The van der Waals surface area contributed by atoms with Crippen LogP contribution >= 0.6 is 0 Å². The molecule has 3 aliphatic rings. The molecular formula is C18H20F3NO2. The third-order valence-electron chi connectivity index (χ3n) is 5.44. The van der Waals surface area contributed by atoms with Crippen LogP contribution in [0.15, 0.2) is 42.5 Å². The summed E-state index contributed by atoms with van der Waals surface area (Å²) in [5, 5.41) is 0. The molecule has 1 saturated heterocycles. The summed E-state index contributed by atoms with van der Waals surface area (Å²) >= 11 is 0. The van der Waals surface area contributed by atoms with Gasteiger partial charge in [-0.25, -0.2) is 0 Å². The van der Waals surface area contributed by atoms with Gasteiger partial charge in [-0.2, -0.15) is 13.2 Å². The Morgan fingerprint density at radius 3 is 2.58 bits per heavy atom. The van der Waals surface area contributed by atoms with E-state index in [1.54, 1.807) is 6.08 Å². The van der Waals surface area contributed by atoms with Gasteiger partial charge in [-0.15, -0.1) is 0 Å². The van der Waals surface area contributed by atoms with Crippen LogP contribution in [0.1, 0.15) is 12.0 Å². The van der Waals surface area contributed by atoms with Crippen molar-refractivity contribution >= 4 is 5.97 Å². The normalized spacial score (nSPS) is 32.8. The third-order valence-corrected chi connectivity index (χ3v) is 5.44. The summed E-state index contributed by atoms with van der Waals surface area (Å²) in [6.07, 6.45) is -1.11. The second kappa shape index (κ2) is 5.92. The van der Waals surface area contributed by atoms with Crippen molar-refractivity contribution in [3.8, 4) is 0 Å². The monoisotopic (exact) mass is 339 g/mol. The number of esters is 1. The van der Waals surface area contributed by atoms with Crippen molar-refractivity contribution in [3.05, 3.63) is 48.0 Å². The fourth-order valence-electron chi connectivity index (χ4n) is 4.18. The number of rotatable bonds is 3. The predicted molar refractivity (Wildman–Crippen MR) is 83.2 cm³/mol. The van der Waals surface area contributed by atoms with Crippen molar-refractivity contribution in [2.45, 2.75) is 30.6 Å². The summed E-state index contributed by atoms with van der Waals surface area (Å²) in [4.78, 5) is 13.4. The molecule has 2 bridgehead atoms. The minimum absolute atomic E-state index is 0.108. The van der Waals surface area contributed by atoms with Crippen LogP contribution in [-0.2, 0) is 16.0 Å². The number of benzene rings is 1. The van der Waals surface area contributed by atoms with Gasteiger partial charge in [0.05, 0.1) is 13.0 Å². The number of methoxy groups -OCH3 is 1. The molecule has 0 spiro atoms. The predicted octanol–water partition coefficient (Wildman–Crippen LogP) is 3.21. The first-order chi connectivity index (χ1) is 11.3. The Labute approximate surface area is 139 Å². The molecule has 4 atom stereocenters. The molecule has 2 aliphatic heterocycles. The van der Waals surface area contributed by atoms with Crippen molar-refractivity contribution in [1.29, 1.82) is 0 Å². The molecule has 0 amide bonds. The van der Waals surface area contributed by atoms with Gasteiger partial charge in [-0.1, -0.05) is 42.5 Å². The van der Waals surface area contributed by atoms with Gasteiger partial charge in [-0.05, 0) is 31.4 Å². The maximum absolute atomic E-state index is 14.0. The van der Waals surface area contributed by atoms with Gasteiger partial charge in [-0.3, -0.25) is 9.69 Å². The van der Waals surface area contributed by atoms with Gasteiger partial charge in [0.15, 0.2) is 0 Å². The third kappa shape index (κ3) is 2.44. The molecule has 1 fully saturated rings. The van der Waals surface area contributed by atoms with Gasteiger partial charge >= 0.3 is 12.1 Å². The summed E-state index contributed by atoms with van der Waals surface area (Å²) in [6.45, 7) is 0. The van der Waals surface area contributed by atoms with Gasteiger partial charge in [0.2, 0.25) is 0 Å². The van der Waals surface area contributed by atoms with Crippen LogP contribution in [0.25, 0.3) is 0 Å². The molecule has 1 aromatic carbocycles. The number of hydrogen-bond donors (Lipinski definition) is 0. The van der Waals surface area contributed by atoms with Crippen molar-refractivity contribution in [1.82, 2.24) is 4.90 Å². The van der Waals surface area contributed by atoms with E-state index in [0.717, 1.165) is 18.7 Å². The molecule has 0 N–H and O–H groups in total. The Balaban J connectivity index is 1.99. The van der Waals surface area contributed by atoms with E-state index in [1.165, 1.54) is 11.9 Å². The lowest BCUT2D eigenvalue weighted by Crippen LogP contribution is -2.71. The summed E-state index contributed by atoms with van der Waals surface area (Å²) in [6, 6.07) is 9.16. The number of likely N-dealkylation sites (N-methyl/N-ethyl adjacent to an activating group) is 1. The van der Waals surface area contributed by atoms with Crippen LogP contribution < -0.4 is 0 Å². The standard InChI is InChI=1S/C18H20F3NO2/c1-22-15(10-12-6-4-3-5-7-12)13-8-9-17(22,18(19,20)21)14(11-13)16(23)24-2/h3-9,13-15H,10-11H2,1-2H3/t13-,14-,15-,17+/m1/s1. The molecule has 1 aliphatic carbocycles. The molecule has 0 radical (unpaired) electrons. The average Bonchev–Trinajstić information content (AvgIpc) is 2.57. The second-order valence-corrected chi connectivity index (χ2v) is 6.53. The quantitative estimate of drug-likeness (QED) is 0.626. The fraction of sp³-hybridized carbons (Fsp3) is 0.500.